The van der Waals surface area contributed by atoms with Gasteiger partial charge in [0.05, 0.1) is 0 Å². The second kappa shape index (κ2) is 8.90. The molecule has 0 saturated carbocycles. The molecule has 0 heterocycles. The van der Waals surface area contributed by atoms with Crippen LogP contribution < -0.4 is 0 Å². The van der Waals surface area contributed by atoms with Crippen molar-refractivity contribution in [1.82, 2.24) is 0 Å². The number of hydrogen-bond donors (Lipinski definition) is 3. The first-order valence-corrected chi connectivity index (χ1v) is 5.17. The number of benzene rings is 2. The Morgan fingerprint density at radius 1 is 0.778 bits per heavy atom. The summed E-state index contributed by atoms with van der Waals surface area (Å²) in [7, 11) is 0. The highest BCUT2D eigenvalue weighted by Crippen LogP contribution is 2.15. The summed E-state index contributed by atoms with van der Waals surface area (Å²) in [6.45, 7) is 2.00. The molecule has 0 unspecified atom stereocenters. The van der Waals surface area contributed by atoms with Crippen molar-refractivity contribution in [3.63, 3.8) is 0 Å². The van der Waals surface area contributed by atoms with Crippen LogP contribution in [0.15, 0.2) is 48.5 Å². The minimum absolute atomic E-state index is 0.0880. The summed E-state index contributed by atoms with van der Waals surface area (Å²) in [5.74, 6) is 0.421. The molecule has 96 valence electrons. The van der Waals surface area contributed by atoms with Gasteiger partial charge in [-0.15, -0.1) is 0 Å². The van der Waals surface area contributed by atoms with Crippen LogP contribution in [0.2, 0.25) is 5.02 Å². The number of aromatic hydroxyl groups is 3. The molecule has 2 aromatic rings. The van der Waals surface area contributed by atoms with Gasteiger partial charge in [0.2, 0.25) is 0 Å². The second-order valence-corrected chi connectivity index (χ2v) is 3.43. The summed E-state index contributed by atoms with van der Waals surface area (Å²) in [5.41, 5.74) is 0. The van der Waals surface area contributed by atoms with E-state index in [2.05, 4.69) is 0 Å². The van der Waals surface area contributed by atoms with E-state index in [1.54, 1.807) is 30.3 Å². The van der Waals surface area contributed by atoms with Gasteiger partial charge in [0, 0.05) is 11.1 Å². The molecule has 2 aromatic carbocycles. The molecule has 0 amide bonds. The third-order valence-corrected chi connectivity index (χ3v) is 1.91. The maximum atomic E-state index is 8.70. The van der Waals surface area contributed by atoms with Crippen LogP contribution in [-0.2, 0) is 4.79 Å². The highest BCUT2D eigenvalue weighted by atomic mass is 35.5. The number of rotatable bonds is 0. The first-order valence-electron chi connectivity index (χ1n) is 4.79. The van der Waals surface area contributed by atoms with Crippen molar-refractivity contribution in [2.75, 3.05) is 0 Å². The topological polar surface area (TPSA) is 77.8 Å². The predicted molar refractivity (Wildman–Crippen MR) is 70.0 cm³/mol. The Kier molecular flexibility index (Phi) is 7.81. The van der Waals surface area contributed by atoms with E-state index in [0.717, 1.165) is 0 Å². The Labute approximate surface area is 110 Å². The zero-order chi connectivity index (χ0) is 14.0. The molecule has 5 heteroatoms. The van der Waals surface area contributed by atoms with Gasteiger partial charge in [-0.3, -0.25) is 0 Å². The van der Waals surface area contributed by atoms with E-state index in [1.165, 1.54) is 18.2 Å². The van der Waals surface area contributed by atoms with Gasteiger partial charge in [-0.2, -0.15) is 0 Å². The molecule has 0 fully saturated rings. The molecule has 4 nitrogen and oxygen atoms in total. The molecule has 0 atom stereocenters. The SMILES string of the molecule is C=O.Oc1ccc(Cl)cc1.Oc1cccc(O)c1. The third kappa shape index (κ3) is 7.14. The van der Waals surface area contributed by atoms with Gasteiger partial charge in [-0.05, 0) is 36.4 Å². The van der Waals surface area contributed by atoms with Crippen molar-refractivity contribution in [2.24, 2.45) is 0 Å². The van der Waals surface area contributed by atoms with Gasteiger partial charge in [0.15, 0.2) is 0 Å². The van der Waals surface area contributed by atoms with Crippen LogP contribution in [-0.4, -0.2) is 22.1 Å². The average Bonchev–Trinajstić information content (AvgIpc) is 2.36. The fraction of sp³-hybridized carbons (Fsp3) is 0. The van der Waals surface area contributed by atoms with Crippen LogP contribution in [0.25, 0.3) is 0 Å². The van der Waals surface area contributed by atoms with Crippen LogP contribution in [0.1, 0.15) is 0 Å². The Bertz CT molecular complexity index is 419. The molecule has 0 saturated heterocycles. The average molecular weight is 269 g/mol. The van der Waals surface area contributed by atoms with E-state index in [4.69, 9.17) is 31.7 Å². The van der Waals surface area contributed by atoms with Crippen molar-refractivity contribution >= 4 is 18.4 Å². The molecule has 0 aliphatic heterocycles. The number of carbonyl (C=O) groups is 1. The van der Waals surface area contributed by atoms with Crippen molar-refractivity contribution in [3.8, 4) is 17.2 Å². The monoisotopic (exact) mass is 268 g/mol. The third-order valence-electron chi connectivity index (χ3n) is 1.66. The summed E-state index contributed by atoms with van der Waals surface area (Å²) < 4.78 is 0. The van der Waals surface area contributed by atoms with Crippen LogP contribution in [0, 0.1) is 0 Å². The van der Waals surface area contributed by atoms with Gasteiger partial charge in [0.1, 0.15) is 24.0 Å². The minimum atomic E-state index is 0.0880. The Balaban J connectivity index is 0.000000283. The zero-order valence-electron chi connectivity index (χ0n) is 9.45. The van der Waals surface area contributed by atoms with E-state index < -0.39 is 0 Å². The number of halogens is 1. The van der Waals surface area contributed by atoms with Crippen molar-refractivity contribution in [2.45, 2.75) is 0 Å². The molecular weight excluding hydrogens is 256 g/mol. The highest BCUT2D eigenvalue weighted by molar-refractivity contribution is 6.30. The normalized spacial score (nSPS) is 8.28. The van der Waals surface area contributed by atoms with E-state index in [1.807, 2.05) is 6.79 Å². The number of phenolic OH excluding ortho intramolecular Hbond substituents is 3. The van der Waals surface area contributed by atoms with Gasteiger partial charge in [-0.25, -0.2) is 0 Å². The van der Waals surface area contributed by atoms with E-state index in [0.29, 0.717) is 5.02 Å². The highest BCUT2D eigenvalue weighted by Gasteiger charge is 1.85. The summed E-state index contributed by atoms with van der Waals surface area (Å²) >= 11 is 5.50. The fourth-order valence-electron chi connectivity index (χ4n) is 0.934. The van der Waals surface area contributed by atoms with Gasteiger partial charge >= 0.3 is 0 Å². The zero-order valence-corrected chi connectivity index (χ0v) is 10.2. The molecule has 0 aromatic heterocycles. The number of carbonyl (C=O) groups excluding carboxylic acids is 1. The lowest BCUT2D eigenvalue weighted by Crippen LogP contribution is -1.61. The summed E-state index contributed by atoms with van der Waals surface area (Å²) in [6, 6.07) is 12.2. The lowest BCUT2D eigenvalue weighted by atomic mass is 10.3. The summed E-state index contributed by atoms with van der Waals surface area (Å²) in [4.78, 5) is 8.00. The number of hydrogen-bond acceptors (Lipinski definition) is 4. The smallest absolute Gasteiger partial charge is 0.119 e. The molecule has 0 bridgehead atoms. The first kappa shape index (κ1) is 15.8. The largest absolute Gasteiger partial charge is 0.508 e. The molecule has 0 aliphatic carbocycles. The molecule has 0 radical (unpaired) electrons. The van der Waals surface area contributed by atoms with Crippen LogP contribution in [0.5, 0.6) is 17.2 Å². The van der Waals surface area contributed by atoms with Crippen LogP contribution in [0.3, 0.4) is 0 Å². The van der Waals surface area contributed by atoms with Gasteiger partial charge in [0.25, 0.3) is 0 Å². The Morgan fingerprint density at radius 2 is 1.22 bits per heavy atom. The Morgan fingerprint density at radius 3 is 1.50 bits per heavy atom. The molecule has 3 N–H and O–H groups in total. The van der Waals surface area contributed by atoms with Crippen LogP contribution in [0.4, 0.5) is 0 Å². The molecule has 0 spiro atoms. The second-order valence-electron chi connectivity index (χ2n) is 3.00. The quantitative estimate of drug-likeness (QED) is 0.686. The molecule has 2 rings (SSSR count). The summed E-state index contributed by atoms with van der Waals surface area (Å²) in [5, 5.41) is 26.6. The van der Waals surface area contributed by atoms with Gasteiger partial charge in [-0.1, -0.05) is 17.7 Å². The number of phenols is 3. The van der Waals surface area contributed by atoms with Crippen molar-refractivity contribution in [1.29, 1.82) is 0 Å². The maximum Gasteiger partial charge on any atom is 0.119 e. The maximum absolute atomic E-state index is 8.70. The molecular formula is C13H13ClO4. The lowest BCUT2D eigenvalue weighted by molar-refractivity contribution is -0.0979. The minimum Gasteiger partial charge on any atom is -0.508 e. The lowest BCUT2D eigenvalue weighted by Gasteiger charge is -1.89. The van der Waals surface area contributed by atoms with E-state index in [9.17, 15) is 0 Å². The van der Waals surface area contributed by atoms with Crippen molar-refractivity contribution < 1.29 is 20.1 Å². The molecule has 18 heavy (non-hydrogen) atoms. The van der Waals surface area contributed by atoms with E-state index in [-0.39, 0.29) is 17.2 Å². The summed E-state index contributed by atoms with van der Waals surface area (Å²) in [6.07, 6.45) is 0. The Hall–Kier alpha value is -2.20. The standard InChI is InChI=1S/C6H5ClO.C6H6O2.CH2O/c7-5-1-3-6(8)4-2-5;7-5-2-1-3-6(8)4-5;1-2/h1-4,8H;1-4,7-8H;1H2. The molecule has 0 aliphatic rings. The fourth-order valence-corrected chi connectivity index (χ4v) is 1.06. The van der Waals surface area contributed by atoms with Crippen LogP contribution >= 0.6 is 11.6 Å². The predicted octanol–water partition coefficient (Wildman–Crippen LogP) is 2.96. The van der Waals surface area contributed by atoms with E-state index >= 15 is 0 Å². The van der Waals surface area contributed by atoms with Gasteiger partial charge < -0.3 is 20.1 Å². The van der Waals surface area contributed by atoms with Crippen molar-refractivity contribution in [3.05, 3.63) is 53.6 Å². The first-order chi connectivity index (χ1) is 8.58.